The fraction of sp³-hybridized carbons (Fsp3) is 0.500. The predicted octanol–water partition coefficient (Wildman–Crippen LogP) is 2.61. The van der Waals surface area contributed by atoms with Crippen molar-refractivity contribution >= 4 is 15.9 Å². The minimum atomic E-state index is 0.276. The van der Waals surface area contributed by atoms with Crippen LogP contribution in [0, 0.1) is 0 Å². The molecule has 1 aromatic rings. The summed E-state index contributed by atoms with van der Waals surface area (Å²) >= 11 is 3.53. The molecule has 2 aliphatic heterocycles. The van der Waals surface area contributed by atoms with Crippen molar-refractivity contribution in [1.29, 1.82) is 0 Å². The van der Waals surface area contributed by atoms with Gasteiger partial charge < -0.3 is 19.5 Å². The zero-order valence-electron chi connectivity index (χ0n) is 9.59. The highest BCUT2D eigenvalue weighted by atomic mass is 79.9. The molecule has 0 amide bonds. The maximum Gasteiger partial charge on any atom is 0.231 e. The Morgan fingerprint density at radius 1 is 1.47 bits per heavy atom. The van der Waals surface area contributed by atoms with Gasteiger partial charge in [-0.2, -0.15) is 0 Å². The number of ether oxygens (including phenoxy) is 3. The fourth-order valence-corrected chi connectivity index (χ4v) is 3.12. The number of hydrogen-bond acceptors (Lipinski definition) is 4. The molecule has 0 spiro atoms. The number of fused-ring (bicyclic) bond motifs is 1. The van der Waals surface area contributed by atoms with Crippen LogP contribution < -0.4 is 19.5 Å². The van der Waals surface area contributed by atoms with Gasteiger partial charge in [0, 0.05) is 11.6 Å². The lowest BCUT2D eigenvalue weighted by atomic mass is 10.0. The van der Waals surface area contributed by atoms with Crippen LogP contribution in [0.1, 0.15) is 24.4 Å². The molecule has 0 saturated carbocycles. The standard InChI is InChI=1S/C12H14BrNO3/c1-15-11-7(8-3-2-4-14-8)5-9-12(10(11)13)17-6-16-9/h5,8,14H,2-4,6H2,1H3. The Morgan fingerprint density at radius 2 is 2.35 bits per heavy atom. The van der Waals surface area contributed by atoms with E-state index < -0.39 is 0 Å². The number of halogens is 1. The van der Waals surface area contributed by atoms with Crippen LogP contribution in [0.15, 0.2) is 10.5 Å². The summed E-state index contributed by atoms with van der Waals surface area (Å²) in [4.78, 5) is 0. The minimum Gasteiger partial charge on any atom is -0.495 e. The summed E-state index contributed by atoms with van der Waals surface area (Å²) in [6.07, 6.45) is 2.32. The van der Waals surface area contributed by atoms with E-state index in [1.807, 2.05) is 6.07 Å². The first-order valence-electron chi connectivity index (χ1n) is 5.70. The molecule has 1 unspecified atom stereocenters. The molecule has 2 heterocycles. The molecule has 0 aromatic heterocycles. The van der Waals surface area contributed by atoms with E-state index in [0.717, 1.165) is 40.3 Å². The van der Waals surface area contributed by atoms with E-state index >= 15 is 0 Å². The molecule has 3 rings (SSSR count). The maximum atomic E-state index is 5.49. The van der Waals surface area contributed by atoms with E-state index in [1.54, 1.807) is 7.11 Å². The molecule has 17 heavy (non-hydrogen) atoms. The van der Waals surface area contributed by atoms with Gasteiger partial charge >= 0.3 is 0 Å². The smallest absolute Gasteiger partial charge is 0.231 e. The van der Waals surface area contributed by atoms with Gasteiger partial charge in [-0.3, -0.25) is 0 Å². The van der Waals surface area contributed by atoms with Crippen molar-refractivity contribution in [2.45, 2.75) is 18.9 Å². The second-order valence-corrected chi connectivity index (χ2v) is 4.99. The number of benzene rings is 1. The summed E-state index contributed by atoms with van der Waals surface area (Å²) in [6.45, 7) is 1.33. The largest absolute Gasteiger partial charge is 0.495 e. The Morgan fingerprint density at radius 3 is 3.06 bits per heavy atom. The average molecular weight is 300 g/mol. The zero-order valence-corrected chi connectivity index (χ0v) is 11.2. The Balaban J connectivity index is 2.10. The van der Waals surface area contributed by atoms with Crippen LogP contribution in [0.4, 0.5) is 0 Å². The van der Waals surface area contributed by atoms with Gasteiger partial charge in [0.2, 0.25) is 6.79 Å². The molecule has 1 aromatic carbocycles. The Labute approximate surface area is 108 Å². The normalized spacial score (nSPS) is 21.9. The van der Waals surface area contributed by atoms with Crippen molar-refractivity contribution in [1.82, 2.24) is 5.32 Å². The van der Waals surface area contributed by atoms with Crippen molar-refractivity contribution in [3.8, 4) is 17.2 Å². The molecule has 0 aliphatic carbocycles. The lowest BCUT2D eigenvalue weighted by molar-refractivity contribution is 0.173. The van der Waals surface area contributed by atoms with Crippen LogP contribution in [0.2, 0.25) is 0 Å². The number of rotatable bonds is 2. The highest BCUT2D eigenvalue weighted by molar-refractivity contribution is 9.10. The monoisotopic (exact) mass is 299 g/mol. The summed E-state index contributed by atoms with van der Waals surface area (Å²) in [5, 5.41) is 3.47. The quantitative estimate of drug-likeness (QED) is 0.911. The molecule has 1 atom stereocenters. The van der Waals surface area contributed by atoms with Gasteiger partial charge in [-0.1, -0.05) is 0 Å². The van der Waals surface area contributed by atoms with Crippen LogP contribution >= 0.6 is 15.9 Å². The Bertz CT molecular complexity index is 444. The van der Waals surface area contributed by atoms with Crippen LogP contribution in [-0.4, -0.2) is 20.4 Å². The average Bonchev–Trinajstić information content (AvgIpc) is 2.99. The molecule has 0 bridgehead atoms. The maximum absolute atomic E-state index is 5.49. The van der Waals surface area contributed by atoms with Crippen LogP contribution in [0.3, 0.4) is 0 Å². The van der Waals surface area contributed by atoms with E-state index in [4.69, 9.17) is 14.2 Å². The number of methoxy groups -OCH3 is 1. The highest BCUT2D eigenvalue weighted by Crippen LogP contribution is 2.49. The highest BCUT2D eigenvalue weighted by Gasteiger charge is 2.28. The van der Waals surface area contributed by atoms with E-state index in [1.165, 1.54) is 6.42 Å². The fourth-order valence-electron chi connectivity index (χ4n) is 2.42. The summed E-state index contributed by atoms with van der Waals surface area (Å²) in [5.41, 5.74) is 1.14. The molecule has 1 saturated heterocycles. The summed E-state index contributed by atoms with van der Waals surface area (Å²) < 4.78 is 17.2. The summed E-state index contributed by atoms with van der Waals surface area (Å²) in [6, 6.07) is 2.37. The van der Waals surface area contributed by atoms with Crippen LogP contribution in [-0.2, 0) is 0 Å². The number of nitrogens with one attached hydrogen (secondary N) is 1. The summed E-state index contributed by atoms with van der Waals surface area (Å²) in [5.74, 6) is 2.37. The summed E-state index contributed by atoms with van der Waals surface area (Å²) in [7, 11) is 1.68. The van der Waals surface area contributed by atoms with Crippen molar-refractivity contribution in [2.24, 2.45) is 0 Å². The lowest BCUT2D eigenvalue weighted by Gasteiger charge is -2.17. The third-order valence-electron chi connectivity index (χ3n) is 3.23. The first-order valence-corrected chi connectivity index (χ1v) is 6.50. The lowest BCUT2D eigenvalue weighted by Crippen LogP contribution is -2.14. The van der Waals surface area contributed by atoms with Crippen molar-refractivity contribution in [3.05, 3.63) is 16.1 Å². The van der Waals surface area contributed by atoms with E-state index in [-0.39, 0.29) is 6.79 Å². The SMILES string of the molecule is COc1c(C2CCCN2)cc2c(c1Br)OCO2. The van der Waals surface area contributed by atoms with Crippen molar-refractivity contribution in [3.63, 3.8) is 0 Å². The van der Waals surface area contributed by atoms with Gasteiger partial charge in [-0.05, 0) is 41.4 Å². The van der Waals surface area contributed by atoms with Crippen LogP contribution in [0.25, 0.3) is 0 Å². The van der Waals surface area contributed by atoms with Gasteiger partial charge in [0.05, 0.1) is 7.11 Å². The molecule has 92 valence electrons. The molecular formula is C12H14BrNO3. The third kappa shape index (κ3) is 1.77. The zero-order chi connectivity index (χ0) is 11.8. The molecule has 4 nitrogen and oxygen atoms in total. The van der Waals surface area contributed by atoms with Crippen LogP contribution in [0.5, 0.6) is 17.2 Å². The van der Waals surface area contributed by atoms with Gasteiger partial charge in [0.15, 0.2) is 11.5 Å². The second kappa shape index (κ2) is 4.38. The molecule has 5 heteroatoms. The third-order valence-corrected chi connectivity index (χ3v) is 3.95. The van der Waals surface area contributed by atoms with Crippen molar-refractivity contribution < 1.29 is 14.2 Å². The van der Waals surface area contributed by atoms with Gasteiger partial charge in [0.1, 0.15) is 10.2 Å². The Hall–Kier alpha value is -0.940. The van der Waals surface area contributed by atoms with Gasteiger partial charge in [-0.15, -0.1) is 0 Å². The molecule has 1 N–H and O–H groups in total. The molecular weight excluding hydrogens is 286 g/mol. The second-order valence-electron chi connectivity index (χ2n) is 4.20. The first kappa shape index (κ1) is 11.2. The van der Waals surface area contributed by atoms with Gasteiger partial charge in [0.25, 0.3) is 0 Å². The van der Waals surface area contributed by atoms with E-state index in [9.17, 15) is 0 Å². The van der Waals surface area contributed by atoms with E-state index in [2.05, 4.69) is 21.2 Å². The first-order chi connectivity index (χ1) is 8.31. The molecule has 1 fully saturated rings. The minimum absolute atomic E-state index is 0.276. The van der Waals surface area contributed by atoms with Crippen molar-refractivity contribution in [2.75, 3.05) is 20.4 Å². The predicted molar refractivity (Wildman–Crippen MR) is 66.8 cm³/mol. The Kier molecular flexibility index (Phi) is 2.88. The van der Waals surface area contributed by atoms with E-state index in [0.29, 0.717) is 6.04 Å². The molecule has 0 radical (unpaired) electrons. The van der Waals surface area contributed by atoms with Gasteiger partial charge in [-0.25, -0.2) is 0 Å². The number of hydrogen-bond donors (Lipinski definition) is 1. The topological polar surface area (TPSA) is 39.7 Å². The molecule has 2 aliphatic rings.